The van der Waals surface area contributed by atoms with Gasteiger partial charge >= 0.3 is 0 Å². The fourth-order valence-electron chi connectivity index (χ4n) is 3.14. The summed E-state index contributed by atoms with van der Waals surface area (Å²) in [7, 11) is 1.59. The van der Waals surface area contributed by atoms with Crippen LogP contribution in [0, 0.1) is 6.92 Å². The zero-order chi connectivity index (χ0) is 19.4. The molecule has 2 heterocycles. The van der Waals surface area contributed by atoms with Gasteiger partial charge in [0.25, 0.3) is 0 Å². The first kappa shape index (κ1) is 18.9. The van der Waals surface area contributed by atoms with Crippen molar-refractivity contribution in [2.24, 2.45) is 0 Å². The molecular formula is C19H23N3O5. The molecular weight excluding hydrogens is 350 g/mol. The van der Waals surface area contributed by atoms with Crippen LogP contribution >= 0.6 is 0 Å². The molecule has 2 atom stereocenters. The smallest absolute Gasteiger partial charge is 0.243 e. The maximum absolute atomic E-state index is 12.6. The molecule has 2 amide bonds. The molecule has 0 spiro atoms. The van der Waals surface area contributed by atoms with Crippen LogP contribution in [0.3, 0.4) is 0 Å². The van der Waals surface area contributed by atoms with E-state index in [-0.39, 0.29) is 31.2 Å². The van der Waals surface area contributed by atoms with Gasteiger partial charge in [0.1, 0.15) is 17.6 Å². The van der Waals surface area contributed by atoms with Crippen LogP contribution in [0.25, 0.3) is 0 Å². The van der Waals surface area contributed by atoms with Crippen LogP contribution in [0.1, 0.15) is 23.4 Å². The van der Waals surface area contributed by atoms with E-state index in [0.29, 0.717) is 18.0 Å². The van der Waals surface area contributed by atoms with Crippen molar-refractivity contribution in [3.05, 3.63) is 47.3 Å². The molecule has 3 rings (SSSR count). The number of hydrogen-bond donors (Lipinski definition) is 2. The molecule has 0 radical (unpaired) electrons. The number of carbonyl (C=O) groups excluding carboxylic acids is 2. The number of aliphatic hydroxyl groups excluding tert-OH is 1. The highest BCUT2D eigenvalue weighted by molar-refractivity contribution is 5.89. The van der Waals surface area contributed by atoms with Crippen LogP contribution in [0.5, 0.6) is 5.75 Å². The molecule has 8 nitrogen and oxygen atoms in total. The lowest BCUT2D eigenvalue weighted by Crippen LogP contribution is -2.46. The Morgan fingerprint density at radius 2 is 2.11 bits per heavy atom. The molecule has 27 heavy (non-hydrogen) atoms. The Labute approximate surface area is 157 Å². The third kappa shape index (κ3) is 4.65. The number of benzene rings is 1. The van der Waals surface area contributed by atoms with Gasteiger partial charge in [0, 0.05) is 25.6 Å². The number of rotatable bonds is 6. The van der Waals surface area contributed by atoms with Gasteiger partial charge in [-0.05, 0) is 24.6 Å². The fourth-order valence-corrected chi connectivity index (χ4v) is 3.14. The van der Waals surface area contributed by atoms with E-state index in [2.05, 4.69) is 10.5 Å². The van der Waals surface area contributed by atoms with E-state index in [1.807, 2.05) is 24.3 Å². The second-order valence-electron chi connectivity index (χ2n) is 6.63. The SMILES string of the molecule is COc1ccc(CNC(=O)C2CC(O)CN2C(=O)Cc2cc(C)no2)cc1. The van der Waals surface area contributed by atoms with Crippen LogP contribution in [0.4, 0.5) is 0 Å². The van der Waals surface area contributed by atoms with Gasteiger partial charge in [-0.25, -0.2) is 0 Å². The average Bonchev–Trinajstić information content (AvgIpc) is 3.25. The summed E-state index contributed by atoms with van der Waals surface area (Å²) >= 11 is 0. The monoisotopic (exact) mass is 373 g/mol. The van der Waals surface area contributed by atoms with E-state index in [4.69, 9.17) is 9.26 Å². The quantitative estimate of drug-likeness (QED) is 0.777. The third-order valence-corrected chi connectivity index (χ3v) is 4.53. The largest absolute Gasteiger partial charge is 0.497 e. The van der Waals surface area contributed by atoms with E-state index in [0.717, 1.165) is 11.3 Å². The normalized spacial score (nSPS) is 19.1. The molecule has 1 saturated heterocycles. The Balaban J connectivity index is 1.60. The number of β-amino-alcohol motifs (C(OH)–C–C–N with tert-alkyl or cyclic N) is 1. The topological polar surface area (TPSA) is 105 Å². The summed E-state index contributed by atoms with van der Waals surface area (Å²) in [6.07, 6.45) is -0.493. The number of ether oxygens (including phenoxy) is 1. The van der Waals surface area contributed by atoms with Crippen LogP contribution in [0.2, 0.25) is 0 Å². The zero-order valence-electron chi connectivity index (χ0n) is 15.3. The molecule has 0 saturated carbocycles. The second-order valence-corrected chi connectivity index (χ2v) is 6.63. The Morgan fingerprint density at radius 3 is 2.74 bits per heavy atom. The van der Waals surface area contributed by atoms with Gasteiger partial charge < -0.3 is 24.6 Å². The molecule has 2 aromatic rings. The third-order valence-electron chi connectivity index (χ3n) is 4.53. The number of likely N-dealkylation sites (tertiary alicyclic amines) is 1. The Morgan fingerprint density at radius 1 is 1.37 bits per heavy atom. The summed E-state index contributed by atoms with van der Waals surface area (Å²) in [6, 6.07) is 8.33. The lowest BCUT2D eigenvalue weighted by atomic mass is 10.1. The highest BCUT2D eigenvalue weighted by Gasteiger charge is 2.38. The lowest BCUT2D eigenvalue weighted by Gasteiger charge is -2.23. The van der Waals surface area contributed by atoms with Crippen molar-refractivity contribution in [3.8, 4) is 5.75 Å². The van der Waals surface area contributed by atoms with Crippen molar-refractivity contribution in [3.63, 3.8) is 0 Å². The first-order valence-corrected chi connectivity index (χ1v) is 8.76. The van der Waals surface area contributed by atoms with Gasteiger partial charge in [-0.3, -0.25) is 9.59 Å². The van der Waals surface area contributed by atoms with Crippen LogP contribution in [-0.2, 0) is 22.6 Å². The number of hydrogen-bond acceptors (Lipinski definition) is 6. The van der Waals surface area contributed by atoms with Gasteiger partial charge in [0.05, 0.1) is 25.3 Å². The number of aromatic nitrogens is 1. The average molecular weight is 373 g/mol. The van der Waals surface area contributed by atoms with Crippen LogP contribution in [-0.4, -0.2) is 52.8 Å². The number of nitrogens with one attached hydrogen (secondary N) is 1. The fraction of sp³-hybridized carbons (Fsp3) is 0.421. The van der Waals surface area contributed by atoms with Gasteiger partial charge in [-0.1, -0.05) is 17.3 Å². The van der Waals surface area contributed by atoms with Crippen molar-refractivity contribution < 1.29 is 24.0 Å². The predicted octanol–water partition coefficient (Wildman–Crippen LogP) is 0.812. The zero-order valence-corrected chi connectivity index (χ0v) is 15.3. The standard InChI is InChI=1S/C19H23N3O5/c1-12-7-16(27-21-12)9-18(24)22-11-14(23)8-17(22)19(25)20-10-13-3-5-15(26-2)6-4-13/h3-7,14,17,23H,8-11H2,1-2H3,(H,20,25). The molecule has 144 valence electrons. The Bertz CT molecular complexity index is 802. The first-order chi connectivity index (χ1) is 13.0. The number of carbonyl (C=O) groups is 2. The van der Waals surface area contributed by atoms with E-state index in [1.54, 1.807) is 20.1 Å². The minimum Gasteiger partial charge on any atom is -0.497 e. The summed E-state index contributed by atoms with van der Waals surface area (Å²) in [5.74, 6) is 0.622. The number of aryl methyl sites for hydroxylation is 1. The van der Waals surface area contributed by atoms with E-state index >= 15 is 0 Å². The summed E-state index contributed by atoms with van der Waals surface area (Å²) < 4.78 is 10.2. The lowest BCUT2D eigenvalue weighted by molar-refractivity contribution is -0.138. The number of methoxy groups -OCH3 is 1. The first-order valence-electron chi connectivity index (χ1n) is 8.76. The molecule has 1 aromatic heterocycles. The molecule has 1 fully saturated rings. The minimum atomic E-state index is -0.720. The molecule has 1 aliphatic rings. The number of nitrogens with zero attached hydrogens (tertiary/aromatic N) is 2. The van der Waals surface area contributed by atoms with Gasteiger partial charge in [0.15, 0.2) is 0 Å². The molecule has 1 aliphatic heterocycles. The van der Waals surface area contributed by atoms with Crippen molar-refractivity contribution >= 4 is 11.8 Å². The molecule has 2 unspecified atom stereocenters. The van der Waals surface area contributed by atoms with Crippen molar-refractivity contribution in [2.45, 2.75) is 38.5 Å². The number of aliphatic hydroxyl groups is 1. The molecule has 8 heteroatoms. The van der Waals surface area contributed by atoms with Crippen LogP contribution < -0.4 is 10.1 Å². The summed E-state index contributed by atoms with van der Waals surface area (Å²) in [5, 5.41) is 16.5. The maximum atomic E-state index is 12.6. The molecule has 0 bridgehead atoms. The Kier molecular flexibility index (Phi) is 5.75. The van der Waals surface area contributed by atoms with Gasteiger partial charge in [0.2, 0.25) is 11.8 Å². The van der Waals surface area contributed by atoms with E-state index in [1.165, 1.54) is 4.90 Å². The maximum Gasteiger partial charge on any atom is 0.243 e. The molecule has 0 aliphatic carbocycles. The molecule has 2 N–H and O–H groups in total. The summed E-state index contributed by atoms with van der Waals surface area (Å²) in [4.78, 5) is 26.6. The van der Waals surface area contributed by atoms with Crippen LogP contribution in [0.15, 0.2) is 34.9 Å². The van der Waals surface area contributed by atoms with Crippen molar-refractivity contribution in [2.75, 3.05) is 13.7 Å². The Hall–Kier alpha value is -2.87. The predicted molar refractivity (Wildman–Crippen MR) is 95.9 cm³/mol. The summed E-state index contributed by atoms with van der Waals surface area (Å²) in [6.45, 7) is 2.23. The van der Waals surface area contributed by atoms with Crippen molar-refractivity contribution in [1.82, 2.24) is 15.4 Å². The highest BCUT2D eigenvalue weighted by atomic mass is 16.5. The molecule has 1 aromatic carbocycles. The minimum absolute atomic E-state index is 0.00974. The number of amides is 2. The van der Waals surface area contributed by atoms with Gasteiger partial charge in [-0.2, -0.15) is 0 Å². The van der Waals surface area contributed by atoms with Crippen molar-refractivity contribution in [1.29, 1.82) is 0 Å². The van der Waals surface area contributed by atoms with E-state index < -0.39 is 12.1 Å². The highest BCUT2D eigenvalue weighted by Crippen LogP contribution is 2.20. The van der Waals surface area contributed by atoms with Gasteiger partial charge in [-0.15, -0.1) is 0 Å². The van der Waals surface area contributed by atoms with E-state index in [9.17, 15) is 14.7 Å². The summed E-state index contributed by atoms with van der Waals surface area (Å²) in [5.41, 5.74) is 1.60. The second kappa shape index (κ2) is 8.22.